The van der Waals surface area contributed by atoms with Crippen molar-refractivity contribution in [3.8, 4) is 6.07 Å². The molecule has 0 amide bonds. The molecule has 20 heavy (non-hydrogen) atoms. The standard InChI is InChI=1S/C15H17N3OS/c16-10-12-11-18-14-5-2-1-4-13(14)15(12)17-6-9-20-8-3-7-19/h1-2,4-5,11,19H,3,6-9H2,(H,17,18). The van der Waals surface area contributed by atoms with Gasteiger partial charge in [0.2, 0.25) is 0 Å². The van der Waals surface area contributed by atoms with Gasteiger partial charge < -0.3 is 10.4 Å². The topological polar surface area (TPSA) is 68.9 Å². The lowest BCUT2D eigenvalue weighted by Crippen LogP contribution is -2.07. The second kappa shape index (κ2) is 7.73. The summed E-state index contributed by atoms with van der Waals surface area (Å²) in [5, 5.41) is 22.2. The summed E-state index contributed by atoms with van der Waals surface area (Å²) in [6.07, 6.45) is 2.44. The number of aliphatic hydroxyl groups excluding tert-OH is 1. The summed E-state index contributed by atoms with van der Waals surface area (Å²) >= 11 is 1.79. The Balaban J connectivity index is 2.06. The van der Waals surface area contributed by atoms with Crippen molar-refractivity contribution in [3.05, 3.63) is 36.0 Å². The molecule has 5 heteroatoms. The van der Waals surface area contributed by atoms with Gasteiger partial charge in [0.15, 0.2) is 0 Å². The van der Waals surface area contributed by atoms with Crippen LogP contribution in [0.5, 0.6) is 0 Å². The smallest absolute Gasteiger partial charge is 0.103 e. The van der Waals surface area contributed by atoms with E-state index in [0.29, 0.717) is 5.56 Å². The van der Waals surface area contributed by atoms with Gasteiger partial charge in [-0.15, -0.1) is 0 Å². The normalized spacial score (nSPS) is 10.4. The number of hydrogen-bond donors (Lipinski definition) is 2. The maximum atomic E-state index is 9.19. The van der Waals surface area contributed by atoms with Crippen LogP contribution in [0.1, 0.15) is 12.0 Å². The highest BCUT2D eigenvalue weighted by Gasteiger charge is 2.07. The van der Waals surface area contributed by atoms with Crippen molar-refractivity contribution in [2.45, 2.75) is 6.42 Å². The lowest BCUT2D eigenvalue weighted by atomic mass is 10.1. The molecule has 0 fully saturated rings. The predicted octanol–water partition coefficient (Wildman–Crippen LogP) is 2.63. The highest BCUT2D eigenvalue weighted by Crippen LogP contribution is 2.25. The number of aromatic nitrogens is 1. The fourth-order valence-corrected chi connectivity index (χ4v) is 2.72. The zero-order valence-corrected chi connectivity index (χ0v) is 12.0. The molecule has 0 spiro atoms. The van der Waals surface area contributed by atoms with Crippen LogP contribution in [0.25, 0.3) is 10.9 Å². The van der Waals surface area contributed by atoms with E-state index in [2.05, 4.69) is 16.4 Å². The van der Waals surface area contributed by atoms with Crippen molar-refractivity contribution in [1.29, 1.82) is 5.26 Å². The molecule has 104 valence electrons. The Bertz CT molecular complexity index is 610. The van der Waals surface area contributed by atoms with Gasteiger partial charge >= 0.3 is 0 Å². The van der Waals surface area contributed by atoms with Crippen LogP contribution in [0.3, 0.4) is 0 Å². The molecule has 1 aromatic carbocycles. The summed E-state index contributed by atoms with van der Waals surface area (Å²) in [5.41, 5.74) is 2.33. The number of anilines is 1. The Kier molecular flexibility index (Phi) is 5.66. The number of nitrogens with one attached hydrogen (secondary N) is 1. The minimum Gasteiger partial charge on any atom is -0.396 e. The van der Waals surface area contributed by atoms with E-state index in [1.54, 1.807) is 18.0 Å². The maximum Gasteiger partial charge on any atom is 0.103 e. The molecule has 0 saturated carbocycles. The second-order valence-electron chi connectivity index (χ2n) is 4.29. The number of nitriles is 1. The Morgan fingerprint density at radius 1 is 1.30 bits per heavy atom. The average Bonchev–Trinajstić information content (AvgIpc) is 2.50. The quantitative estimate of drug-likeness (QED) is 0.766. The number of rotatable bonds is 7. The van der Waals surface area contributed by atoms with Gasteiger partial charge in [-0.1, -0.05) is 18.2 Å². The van der Waals surface area contributed by atoms with E-state index < -0.39 is 0 Å². The van der Waals surface area contributed by atoms with Crippen molar-refractivity contribution < 1.29 is 5.11 Å². The number of fused-ring (bicyclic) bond motifs is 1. The van der Waals surface area contributed by atoms with Gasteiger partial charge in [0, 0.05) is 30.5 Å². The molecule has 0 aliphatic heterocycles. The Hall–Kier alpha value is -1.77. The van der Waals surface area contributed by atoms with E-state index in [1.165, 1.54) is 0 Å². The van der Waals surface area contributed by atoms with E-state index in [0.717, 1.165) is 41.1 Å². The number of hydrogen-bond acceptors (Lipinski definition) is 5. The third kappa shape index (κ3) is 3.62. The molecule has 2 rings (SSSR count). The lowest BCUT2D eigenvalue weighted by Gasteiger charge is -2.11. The van der Waals surface area contributed by atoms with Crippen LogP contribution in [-0.2, 0) is 0 Å². The highest BCUT2D eigenvalue weighted by molar-refractivity contribution is 7.99. The first kappa shape index (κ1) is 14.6. The van der Waals surface area contributed by atoms with Crippen LogP contribution in [0.15, 0.2) is 30.5 Å². The minimum absolute atomic E-state index is 0.244. The second-order valence-corrected chi connectivity index (χ2v) is 5.52. The maximum absolute atomic E-state index is 9.19. The fraction of sp³-hybridized carbons (Fsp3) is 0.333. The number of pyridine rings is 1. The SMILES string of the molecule is N#Cc1cnc2ccccc2c1NCCSCCCO. The zero-order chi connectivity index (χ0) is 14.2. The number of aliphatic hydroxyl groups is 1. The number of benzene rings is 1. The van der Waals surface area contributed by atoms with Crippen LogP contribution in [0.2, 0.25) is 0 Å². The van der Waals surface area contributed by atoms with E-state index >= 15 is 0 Å². The molecule has 0 aliphatic rings. The van der Waals surface area contributed by atoms with Crippen LogP contribution < -0.4 is 5.32 Å². The number of para-hydroxylation sites is 1. The van der Waals surface area contributed by atoms with Crippen molar-refractivity contribution >= 4 is 28.4 Å². The first-order valence-corrected chi connectivity index (χ1v) is 7.72. The van der Waals surface area contributed by atoms with Gasteiger partial charge in [-0.25, -0.2) is 0 Å². The molecular formula is C15H17N3OS. The average molecular weight is 287 g/mol. The van der Waals surface area contributed by atoms with Crippen molar-refractivity contribution in [2.24, 2.45) is 0 Å². The molecule has 1 aromatic heterocycles. The third-order valence-electron chi connectivity index (χ3n) is 2.89. The molecule has 0 radical (unpaired) electrons. The Labute approximate surface area is 122 Å². The van der Waals surface area contributed by atoms with Gasteiger partial charge in [-0.2, -0.15) is 17.0 Å². The van der Waals surface area contributed by atoms with Crippen LogP contribution in [-0.4, -0.2) is 34.7 Å². The number of thioether (sulfide) groups is 1. The summed E-state index contributed by atoms with van der Waals surface area (Å²) < 4.78 is 0. The Morgan fingerprint density at radius 2 is 2.15 bits per heavy atom. The highest BCUT2D eigenvalue weighted by atomic mass is 32.2. The van der Waals surface area contributed by atoms with Crippen molar-refractivity contribution in [2.75, 3.05) is 30.0 Å². The van der Waals surface area contributed by atoms with Gasteiger partial charge in [-0.05, 0) is 18.2 Å². The predicted molar refractivity (Wildman–Crippen MR) is 84.0 cm³/mol. The molecule has 4 nitrogen and oxygen atoms in total. The van der Waals surface area contributed by atoms with E-state index in [1.807, 2.05) is 24.3 Å². The van der Waals surface area contributed by atoms with Crippen LogP contribution >= 0.6 is 11.8 Å². The molecule has 0 unspecified atom stereocenters. The van der Waals surface area contributed by atoms with E-state index in [4.69, 9.17) is 5.11 Å². The van der Waals surface area contributed by atoms with Gasteiger partial charge in [0.05, 0.1) is 16.8 Å². The Morgan fingerprint density at radius 3 is 2.95 bits per heavy atom. The number of nitrogens with zero attached hydrogens (tertiary/aromatic N) is 2. The van der Waals surface area contributed by atoms with E-state index in [9.17, 15) is 5.26 Å². The van der Waals surface area contributed by atoms with Gasteiger partial charge in [0.25, 0.3) is 0 Å². The molecule has 0 bridgehead atoms. The summed E-state index contributed by atoms with van der Waals surface area (Å²) in [6, 6.07) is 9.99. The molecule has 0 atom stereocenters. The molecule has 2 aromatic rings. The van der Waals surface area contributed by atoms with Gasteiger partial charge in [0.1, 0.15) is 6.07 Å². The summed E-state index contributed by atoms with van der Waals surface area (Å²) in [5.74, 6) is 1.90. The summed E-state index contributed by atoms with van der Waals surface area (Å²) in [7, 11) is 0. The largest absolute Gasteiger partial charge is 0.396 e. The molecule has 0 saturated heterocycles. The molecular weight excluding hydrogens is 270 g/mol. The van der Waals surface area contributed by atoms with Crippen LogP contribution in [0.4, 0.5) is 5.69 Å². The molecule has 2 N–H and O–H groups in total. The summed E-state index contributed by atoms with van der Waals surface area (Å²) in [4.78, 5) is 4.29. The van der Waals surface area contributed by atoms with Crippen LogP contribution in [0, 0.1) is 11.3 Å². The third-order valence-corrected chi connectivity index (χ3v) is 3.96. The molecule has 1 heterocycles. The van der Waals surface area contributed by atoms with E-state index in [-0.39, 0.29) is 6.61 Å². The first-order valence-electron chi connectivity index (χ1n) is 6.57. The fourth-order valence-electron chi connectivity index (χ4n) is 1.93. The zero-order valence-electron chi connectivity index (χ0n) is 11.2. The first-order chi connectivity index (χ1) is 9.86. The van der Waals surface area contributed by atoms with Crippen molar-refractivity contribution in [1.82, 2.24) is 4.98 Å². The summed E-state index contributed by atoms with van der Waals surface area (Å²) in [6.45, 7) is 1.03. The van der Waals surface area contributed by atoms with Gasteiger partial charge in [-0.3, -0.25) is 4.98 Å². The molecule has 0 aliphatic carbocycles. The minimum atomic E-state index is 0.244. The lowest BCUT2D eigenvalue weighted by molar-refractivity contribution is 0.296. The monoisotopic (exact) mass is 287 g/mol. The van der Waals surface area contributed by atoms with Crippen molar-refractivity contribution in [3.63, 3.8) is 0 Å².